The van der Waals surface area contributed by atoms with Gasteiger partial charge in [-0.2, -0.15) is 0 Å². The van der Waals surface area contributed by atoms with Gasteiger partial charge in [-0.15, -0.1) is 11.8 Å². The molecule has 1 N–H and O–H groups in total. The fourth-order valence-corrected chi connectivity index (χ4v) is 3.45. The number of amides is 1. The molecule has 0 fully saturated rings. The zero-order valence-electron chi connectivity index (χ0n) is 13.3. The van der Waals surface area contributed by atoms with Crippen LogP contribution >= 0.6 is 23.4 Å². The first-order valence-corrected chi connectivity index (χ1v) is 8.96. The van der Waals surface area contributed by atoms with Crippen LogP contribution in [-0.4, -0.2) is 24.4 Å². The number of halogens is 1. The van der Waals surface area contributed by atoms with E-state index in [0.717, 1.165) is 22.0 Å². The largest absolute Gasteiger partial charge is 0.486 e. The summed E-state index contributed by atoms with van der Waals surface area (Å²) in [4.78, 5) is 13.3. The minimum Gasteiger partial charge on any atom is -0.486 e. The molecule has 0 unspecified atom stereocenters. The van der Waals surface area contributed by atoms with Crippen molar-refractivity contribution in [3.8, 4) is 11.5 Å². The van der Waals surface area contributed by atoms with Crippen molar-refractivity contribution in [2.24, 2.45) is 0 Å². The molecule has 0 saturated heterocycles. The van der Waals surface area contributed by atoms with E-state index in [4.69, 9.17) is 21.1 Å². The fraction of sp³-hybridized carbons (Fsp3) is 0.278. The summed E-state index contributed by atoms with van der Waals surface area (Å²) in [6.07, 6.45) is 0. The van der Waals surface area contributed by atoms with Crippen LogP contribution in [0.1, 0.15) is 12.5 Å². The number of rotatable bonds is 5. The van der Waals surface area contributed by atoms with Crippen molar-refractivity contribution in [3.63, 3.8) is 0 Å². The average molecular weight is 364 g/mol. The third-order valence-electron chi connectivity index (χ3n) is 3.61. The lowest BCUT2D eigenvalue weighted by Crippen LogP contribution is -2.30. The molecule has 0 saturated carbocycles. The Morgan fingerprint density at radius 1 is 1.21 bits per heavy atom. The van der Waals surface area contributed by atoms with E-state index in [1.54, 1.807) is 0 Å². The lowest BCUT2D eigenvalue weighted by molar-refractivity contribution is -0.120. The average Bonchev–Trinajstić information content (AvgIpc) is 2.60. The van der Waals surface area contributed by atoms with E-state index in [0.29, 0.717) is 24.8 Å². The molecule has 0 aliphatic carbocycles. The molecule has 126 valence electrons. The number of benzene rings is 2. The van der Waals surface area contributed by atoms with E-state index in [2.05, 4.69) is 5.32 Å². The van der Waals surface area contributed by atoms with Gasteiger partial charge in [0.05, 0.1) is 5.25 Å². The standard InChI is InChI=1S/C18H18ClNO3S/c1-12(18(21)20-11-13-4-2-3-5-15(13)19)24-14-6-7-16-17(10-14)23-9-8-22-16/h2-7,10,12H,8-9,11H2,1H3,(H,20,21)/t12-/m0/s1. The zero-order valence-corrected chi connectivity index (χ0v) is 14.8. The van der Waals surface area contributed by atoms with Crippen molar-refractivity contribution in [3.05, 3.63) is 53.1 Å². The zero-order chi connectivity index (χ0) is 16.9. The van der Waals surface area contributed by atoms with Crippen molar-refractivity contribution in [2.75, 3.05) is 13.2 Å². The Morgan fingerprint density at radius 3 is 2.75 bits per heavy atom. The van der Waals surface area contributed by atoms with Gasteiger partial charge in [-0.3, -0.25) is 4.79 Å². The SMILES string of the molecule is C[C@H](Sc1ccc2c(c1)OCCO2)C(=O)NCc1ccccc1Cl. The minimum absolute atomic E-state index is 0.0326. The predicted octanol–water partition coefficient (Wildman–Crippen LogP) is 3.91. The molecule has 1 atom stereocenters. The Bertz CT molecular complexity index is 738. The Kier molecular flexibility index (Phi) is 5.53. The van der Waals surface area contributed by atoms with E-state index >= 15 is 0 Å². The van der Waals surface area contributed by atoms with E-state index in [1.165, 1.54) is 11.8 Å². The molecule has 24 heavy (non-hydrogen) atoms. The molecule has 3 rings (SSSR count). The first kappa shape index (κ1) is 17.0. The van der Waals surface area contributed by atoms with Gasteiger partial charge in [-0.25, -0.2) is 0 Å². The second-order valence-electron chi connectivity index (χ2n) is 5.37. The highest BCUT2D eigenvalue weighted by molar-refractivity contribution is 8.00. The summed E-state index contributed by atoms with van der Waals surface area (Å²) in [7, 11) is 0. The van der Waals surface area contributed by atoms with Gasteiger partial charge in [0.25, 0.3) is 0 Å². The Morgan fingerprint density at radius 2 is 1.96 bits per heavy atom. The molecule has 0 spiro atoms. The molecule has 0 radical (unpaired) electrons. The summed E-state index contributed by atoms with van der Waals surface area (Å²) in [5.74, 6) is 1.45. The van der Waals surface area contributed by atoms with Crippen molar-refractivity contribution in [1.29, 1.82) is 0 Å². The maximum Gasteiger partial charge on any atom is 0.233 e. The maximum absolute atomic E-state index is 12.3. The summed E-state index contributed by atoms with van der Waals surface area (Å²) in [6, 6.07) is 13.2. The van der Waals surface area contributed by atoms with Crippen LogP contribution in [0.15, 0.2) is 47.4 Å². The molecule has 6 heteroatoms. The van der Waals surface area contributed by atoms with Crippen LogP contribution in [0.4, 0.5) is 0 Å². The van der Waals surface area contributed by atoms with Gasteiger partial charge >= 0.3 is 0 Å². The molecule has 0 aromatic heterocycles. The molecule has 1 amide bonds. The second kappa shape index (κ2) is 7.81. The highest BCUT2D eigenvalue weighted by Gasteiger charge is 2.17. The number of carbonyl (C=O) groups excluding carboxylic acids is 1. The summed E-state index contributed by atoms with van der Waals surface area (Å²) >= 11 is 7.59. The lowest BCUT2D eigenvalue weighted by Gasteiger charge is -2.19. The molecule has 1 aliphatic heterocycles. The molecule has 1 heterocycles. The van der Waals surface area contributed by atoms with Gasteiger partial charge in [0.2, 0.25) is 5.91 Å². The first-order valence-electron chi connectivity index (χ1n) is 7.71. The summed E-state index contributed by atoms with van der Waals surface area (Å²) in [5.41, 5.74) is 0.907. The Balaban J connectivity index is 1.57. The fourth-order valence-electron chi connectivity index (χ4n) is 2.32. The van der Waals surface area contributed by atoms with Crippen molar-refractivity contribution >= 4 is 29.3 Å². The van der Waals surface area contributed by atoms with Gasteiger partial charge < -0.3 is 14.8 Å². The molecule has 2 aromatic carbocycles. The Labute approximate surface area is 150 Å². The Hall–Kier alpha value is -1.85. The van der Waals surface area contributed by atoms with Crippen molar-refractivity contribution in [1.82, 2.24) is 5.32 Å². The van der Waals surface area contributed by atoms with E-state index in [1.807, 2.05) is 49.4 Å². The van der Waals surface area contributed by atoms with Crippen molar-refractivity contribution in [2.45, 2.75) is 23.6 Å². The number of carbonyl (C=O) groups is 1. The highest BCUT2D eigenvalue weighted by Crippen LogP contribution is 2.35. The van der Waals surface area contributed by atoms with Crippen LogP contribution in [0.25, 0.3) is 0 Å². The summed E-state index contributed by atoms with van der Waals surface area (Å²) in [5, 5.41) is 3.35. The predicted molar refractivity (Wildman–Crippen MR) is 96.0 cm³/mol. The number of fused-ring (bicyclic) bond motifs is 1. The van der Waals surface area contributed by atoms with Crippen LogP contribution in [0.5, 0.6) is 11.5 Å². The van der Waals surface area contributed by atoms with Gasteiger partial charge in [-0.05, 0) is 36.8 Å². The van der Waals surface area contributed by atoms with Gasteiger partial charge in [0.1, 0.15) is 13.2 Å². The minimum atomic E-state index is -0.227. The third-order valence-corrected chi connectivity index (χ3v) is 5.07. The summed E-state index contributed by atoms with van der Waals surface area (Å²) in [6.45, 7) is 3.42. The molecular weight excluding hydrogens is 346 g/mol. The third kappa shape index (κ3) is 4.16. The number of ether oxygens (including phenoxy) is 2. The van der Waals surface area contributed by atoms with Gasteiger partial charge in [-0.1, -0.05) is 29.8 Å². The van der Waals surface area contributed by atoms with Gasteiger partial charge in [0, 0.05) is 16.5 Å². The number of thioether (sulfide) groups is 1. The van der Waals surface area contributed by atoms with E-state index in [9.17, 15) is 4.79 Å². The topological polar surface area (TPSA) is 47.6 Å². The quantitative estimate of drug-likeness (QED) is 0.818. The number of nitrogens with one attached hydrogen (secondary N) is 1. The van der Waals surface area contributed by atoms with Crippen LogP contribution in [0, 0.1) is 0 Å². The van der Waals surface area contributed by atoms with Crippen LogP contribution in [0.2, 0.25) is 5.02 Å². The van der Waals surface area contributed by atoms with E-state index in [-0.39, 0.29) is 11.2 Å². The first-order chi connectivity index (χ1) is 11.6. The van der Waals surface area contributed by atoms with E-state index < -0.39 is 0 Å². The smallest absolute Gasteiger partial charge is 0.233 e. The highest BCUT2D eigenvalue weighted by atomic mass is 35.5. The molecule has 0 bridgehead atoms. The summed E-state index contributed by atoms with van der Waals surface area (Å²) < 4.78 is 11.1. The van der Waals surface area contributed by atoms with Gasteiger partial charge in [0.15, 0.2) is 11.5 Å². The molecule has 2 aromatic rings. The molecular formula is C18H18ClNO3S. The van der Waals surface area contributed by atoms with Crippen LogP contribution in [-0.2, 0) is 11.3 Å². The number of hydrogen-bond acceptors (Lipinski definition) is 4. The molecule has 1 aliphatic rings. The monoisotopic (exact) mass is 363 g/mol. The normalized spacial score (nSPS) is 14.1. The van der Waals surface area contributed by atoms with Crippen molar-refractivity contribution < 1.29 is 14.3 Å². The lowest BCUT2D eigenvalue weighted by atomic mass is 10.2. The van der Waals surface area contributed by atoms with Crippen LogP contribution in [0.3, 0.4) is 0 Å². The van der Waals surface area contributed by atoms with Crippen LogP contribution < -0.4 is 14.8 Å². The second-order valence-corrected chi connectivity index (χ2v) is 7.20. The molecule has 4 nitrogen and oxygen atoms in total. The number of hydrogen-bond donors (Lipinski definition) is 1. The maximum atomic E-state index is 12.3.